The van der Waals surface area contributed by atoms with Crippen molar-refractivity contribution in [2.75, 3.05) is 11.9 Å². The van der Waals surface area contributed by atoms with Crippen molar-refractivity contribution in [1.82, 2.24) is 10.2 Å². The highest BCUT2D eigenvalue weighted by Gasteiger charge is 2.38. The topological polar surface area (TPSA) is 87.7 Å². The number of unbranched alkanes of at least 4 members (excludes halogenated alkanes) is 1. The Labute approximate surface area is 228 Å². The number of anilines is 1. The molecule has 0 aliphatic heterocycles. The van der Waals surface area contributed by atoms with Crippen LogP contribution in [-0.4, -0.2) is 41.0 Å². The minimum absolute atomic E-state index is 0.225. The van der Waals surface area contributed by atoms with Crippen molar-refractivity contribution in [3.05, 3.63) is 64.7 Å². The van der Waals surface area contributed by atoms with E-state index in [0.717, 1.165) is 28.7 Å². The summed E-state index contributed by atoms with van der Waals surface area (Å²) in [4.78, 5) is 42.6. The van der Waals surface area contributed by atoms with Crippen molar-refractivity contribution in [3.8, 4) is 0 Å². The summed E-state index contributed by atoms with van der Waals surface area (Å²) >= 11 is 0. The zero-order chi connectivity index (χ0) is 28.6. The first-order chi connectivity index (χ1) is 17.8. The molecule has 0 fully saturated rings. The van der Waals surface area contributed by atoms with E-state index in [1.165, 1.54) is 0 Å². The Morgan fingerprint density at radius 1 is 0.921 bits per heavy atom. The van der Waals surface area contributed by atoms with Gasteiger partial charge in [-0.15, -0.1) is 0 Å². The molecule has 7 nitrogen and oxygen atoms in total. The smallest absolute Gasteiger partial charge is 0.408 e. The Bertz CT molecular complexity index is 1100. The van der Waals surface area contributed by atoms with Gasteiger partial charge >= 0.3 is 6.09 Å². The Morgan fingerprint density at radius 2 is 1.50 bits per heavy atom. The van der Waals surface area contributed by atoms with Crippen LogP contribution in [0.15, 0.2) is 42.5 Å². The summed E-state index contributed by atoms with van der Waals surface area (Å²) in [7, 11) is 0. The fraction of sp³-hybridized carbons (Fsp3) is 0.516. The summed E-state index contributed by atoms with van der Waals surface area (Å²) < 4.78 is 5.45. The Morgan fingerprint density at radius 3 is 2.03 bits per heavy atom. The molecule has 0 aliphatic carbocycles. The van der Waals surface area contributed by atoms with E-state index in [9.17, 15) is 14.4 Å². The highest BCUT2D eigenvalue weighted by Crippen LogP contribution is 2.31. The van der Waals surface area contributed by atoms with Crippen LogP contribution in [0.1, 0.15) is 82.7 Å². The maximum absolute atomic E-state index is 14.2. The SMILES string of the molecule is CCCCN(C(=O)C(NC(=O)OC(C)(C)C)C(C)C)C(C(=O)Nc1ccccc1C)c1c(C)cccc1C. The van der Waals surface area contributed by atoms with E-state index >= 15 is 0 Å². The van der Waals surface area contributed by atoms with Gasteiger partial charge in [-0.2, -0.15) is 0 Å². The van der Waals surface area contributed by atoms with Crippen LogP contribution >= 0.6 is 0 Å². The monoisotopic (exact) mass is 523 g/mol. The molecule has 0 aliphatic rings. The lowest BCUT2D eigenvalue weighted by Crippen LogP contribution is -2.54. The van der Waals surface area contributed by atoms with Crippen molar-refractivity contribution >= 4 is 23.6 Å². The van der Waals surface area contributed by atoms with Crippen LogP contribution in [0.3, 0.4) is 0 Å². The van der Waals surface area contributed by atoms with E-state index in [0.29, 0.717) is 18.7 Å². The van der Waals surface area contributed by atoms with Crippen molar-refractivity contribution in [3.63, 3.8) is 0 Å². The number of hydrogen-bond donors (Lipinski definition) is 2. The molecule has 2 rings (SSSR count). The van der Waals surface area contributed by atoms with E-state index in [1.807, 2.05) is 84.0 Å². The summed E-state index contributed by atoms with van der Waals surface area (Å²) in [6, 6.07) is 11.7. The molecule has 0 radical (unpaired) electrons. The van der Waals surface area contributed by atoms with Crippen molar-refractivity contribution in [2.45, 2.75) is 92.8 Å². The number of amides is 3. The number of aryl methyl sites for hydroxylation is 3. The van der Waals surface area contributed by atoms with Crippen LogP contribution in [0.25, 0.3) is 0 Å². The fourth-order valence-corrected chi connectivity index (χ4v) is 4.42. The highest BCUT2D eigenvalue weighted by molar-refractivity contribution is 5.99. The van der Waals surface area contributed by atoms with Crippen LogP contribution < -0.4 is 10.6 Å². The van der Waals surface area contributed by atoms with Gasteiger partial charge in [0.05, 0.1) is 0 Å². The molecule has 2 aromatic rings. The number of alkyl carbamates (subject to hydrolysis) is 1. The molecule has 2 atom stereocenters. The molecule has 208 valence electrons. The molecule has 2 aromatic carbocycles. The van der Waals surface area contributed by atoms with Gasteiger partial charge in [0.2, 0.25) is 5.91 Å². The van der Waals surface area contributed by atoms with Gasteiger partial charge in [0.15, 0.2) is 0 Å². The molecular weight excluding hydrogens is 478 g/mol. The Kier molecular flexibility index (Phi) is 10.9. The van der Waals surface area contributed by atoms with Crippen LogP contribution in [0.4, 0.5) is 10.5 Å². The number of carbonyl (C=O) groups excluding carboxylic acids is 3. The summed E-state index contributed by atoms with van der Waals surface area (Å²) in [6.45, 7) is 17.3. The predicted molar refractivity (Wildman–Crippen MR) is 153 cm³/mol. The lowest BCUT2D eigenvalue weighted by molar-refractivity contribution is -0.141. The van der Waals surface area contributed by atoms with Crippen LogP contribution in [-0.2, 0) is 14.3 Å². The standard InChI is InChI=1S/C31H45N3O4/c1-10-11-19-34(29(36)26(20(2)3)33-30(37)38-31(7,8)9)27(25-22(5)16-14-17-23(25)6)28(35)32-24-18-13-12-15-21(24)4/h12-18,20,26-27H,10-11,19H2,1-9H3,(H,32,35)(H,33,37). The Balaban J connectivity index is 2.60. The molecule has 0 saturated heterocycles. The number of rotatable bonds is 10. The molecule has 0 aromatic heterocycles. The maximum Gasteiger partial charge on any atom is 0.408 e. The average molecular weight is 524 g/mol. The third-order valence-electron chi connectivity index (χ3n) is 6.42. The van der Waals surface area contributed by atoms with Crippen LogP contribution in [0.5, 0.6) is 0 Å². The van der Waals surface area contributed by atoms with E-state index in [2.05, 4.69) is 10.6 Å². The average Bonchev–Trinajstić information content (AvgIpc) is 2.81. The summed E-state index contributed by atoms with van der Waals surface area (Å²) in [6.07, 6.45) is 0.893. The molecule has 38 heavy (non-hydrogen) atoms. The van der Waals surface area contributed by atoms with E-state index < -0.39 is 23.8 Å². The van der Waals surface area contributed by atoms with Crippen LogP contribution in [0, 0.1) is 26.7 Å². The fourth-order valence-electron chi connectivity index (χ4n) is 4.42. The van der Waals surface area contributed by atoms with Gasteiger partial charge in [-0.05, 0) is 82.2 Å². The minimum atomic E-state index is -0.878. The van der Waals surface area contributed by atoms with Gasteiger partial charge in [0, 0.05) is 12.2 Å². The summed E-state index contributed by atoms with van der Waals surface area (Å²) in [5.74, 6) is -0.829. The van der Waals surface area contributed by atoms with Crippen molar-refractivity contribution in [1.29, 1.82) is 0 Å². The molecular formula is C31H45N3O4. The molecule has 0 saturated carbocycles. The van der Waals surface area contributed by atoms with Gasteiger partial charge in [-0.25, -0.2) is 4.79 Å². The van der Waals surface area contributed by atoms with Gasteiger partial charge in [-0.1, -0.05) is 63.6 Å². The first-order valence-electron chi connectivity index (χ1n) is 13.5. The predicted octanol–water partition coefficient (Wildman–Crippen LogP) is 6.47. The van der Waals surface area contributed by atoms with E-state index in [-0.39, 0.29) is 17.7 Å². The molecule has 2 N–H and O–H groups in total. The molecule has 0 heterocycles. The summed E-state index contributed by atoms with van der Waals surface area (Å²) in [5.41, 5.74) is 3.56. The number of nitrogens with zero attached hydrogens (tertiary/aromatic N) is 1. The Hall–Kier alpha value is -3.35. The van der Waals surface area contributed by atoms with E-state index in [1.54, 1.807) is 25.7 Å². The third-order valence-corrected chi connectivity index (χ3v) is 6.42. The molecule has 0 spiro atoms. The lowest BCUT2D eigenvalue weighted by Gasteiger charge is -2.36. The number of benzene rings is 2. The highest BCUT2D eigenvalue weighted by atomic mass is 16.6. The number of carbonyl (C=O) groups is 3. The second-order valence-electron chi connectivity index (χ2n) is 11.3. The number of para-hydroxylation sites is 1. The molecule has 2 unspecified atom stereocenters. The second-order valence-corrected chi connectivity index (χ2v) is 11.3. The minimum Gasteiger partial charge on any atom is -0.444 e. The largest absolute Gasteiger partial charge is 0.444 e. The van der Waals surface area contributed by atoms with E-state index in [4.69, 9.17) is 4.74 Å². The van der Waals surface area contributed by atoms with Crippen molar-refractivity contribution < 1.29 is 19.1 Å². The summed E-state index contributed by atoms with van der Waals surface area (Å²) in [5, 5.41) is 5.85. The normalized spacial score (nSPS) is 13.0. The quantitative estimate of drug-likeness (QED) is 0.374. The number of nitrogens with one attached hydrogen (secondary N) is 2. The maximum atomic E-state index is 14.2. The molecule has 7 heteroatoms. The van der Waals surface area contributed by atoms with Gasteiger partial charge < -0.3 is 20.3 Å². The van der Waals surface area contributed by atoms with Crippen molar-refractivity contribution in [2.24, 2.45) is 5.92 Å². The first kappa shape index (κ1) is 30.9. The molecule has 0 bridgehead atoms. The lowest BCUT2D eigenvalue weighted by atomic mass is 9.92. The van der Waals surface area contributed by atoms with Gasteiger partial charge in [0.25, 0.3) is 5.91 Å². The zero-order valence-corrected chi connectivity index (χ0v) is 24.5. The second kappa shape index (κ2) is 13.4. The third kappa shape index (κ3) is 8.33. The molecule has 3 amide bonds. The van der Waals surface area contributed by atoms with Gasteiger partial charge in [-0.3, -0.25) is 9.59 Å². The first-order valence-corrected chi connectivity index (χ1v) is 13.5. The van der Waals surface area contributed by atoms with Gasteiger partial charge in [0.1, 0.15) is 17.7 Å². The van der Waals surface area contributed by atoms with Crippen LogP contribution in [0.2, 0.25) is 0 Å². The number of ether oxygens (including phenoxy) is 1. The zero-order valence-electron chi connectivity index (χ0n) is 24.5. The number of hydrogen-bond acceptors (Lipinski definition) is 4.